The van der Waals surface area contributed by atoms with Crippen LogP contribution in [0.15, 0.2) is 30.3 Å². The Hall–Kier alpha value is -1.57. The molecule has 20 heavy (non-hydrogen) atoms. The van der Waals surface area contributed by atoms with E-state index < -0.39 is 0 Å². The first-order valence-electron chi connectivity index (χ1n) is 7.76. The number of aryl methyl sites for hydroxylation is 1. The molecule has 2 nitrogen and oxygen atoms in total. The van der Waals surface area contributed by atoms with Gasteiger partial charge in [0.15, 0.2) is 0 Å². The predicted molar refractivity (Wildman–Crippen MR) is 84.5 cm³/mol. The van der Waals surface area contributed by atoms with E-state index >= 15 is 0 Å². The Kier molecular flexibility index (Phi) is 5.40. The summed E-state index contributed by atoms with van der Waals surface area (Å²) in [6.07, 6.45) is 9.82. The molecule has 0 aliphatic heterocycles. The normalized spacial score (nSPS) is 16.5. The maximum Gasteiger partial charge on any atom is 0.246 e. The van der Waals surface area contributed by atoms with Crippen molar-refractivity contribution in [3.05, 3.63) is 41.5 Å². The van der Waals surface area contributed by atoms with Crippen molar-refractivity contribution in [3.8, 4) is 0 Å². The van der Waals surface area contributed by atoms with Gasteiger partial charge in [-0.25, -0.2) is 0 Å². The van der Waals surface area contributed by atoms with Crippen molar-refractivity contribution in [1.82, 2.24) is 4.90 Å². The number of likely N-dealkylation sites (N-methyl/N-ethyl adjacent to an activating group) is 1. The van der Waals surface area contributed by atoms with Crippen LogP contribution >= 0.6 is 0 Å². The minimum absolute atomic E-state index is 0.153. The van der Waals surface area contributed by atoms with E-state index in [1.807, 2.05) is 11.0 Å². The smallest absolute Gasteiger partial charge is 0.246 e. The molecule has 0 aromatic heterocycles. The highest BCUT2D eigenvalue weighted by Gasteiger charge is 2.22. The third-order valence-electron chi connectivity index (χ3n) is 4.13. The largest absolute Gasteiger partial charge is 0.336 e. The van der Waals surface area contributed by atoms with Crippen LogP contribution in [0.5, 0.6) is 0 Å². The first-order chi connectivity index (χ1) is 9.70. The molecule has 0 bridgehead atoms. The van der Waals surface area contributed by atoms with Crippen LogP contribution in [0.25, 0.3) is 6.08 Å². The Morgan fingerprint density at radius 2 is 1.85 bits per heavy atom. The second-order valence-corrected chi connectivity index (χ2v) is 5.66. The molecule has 1 amide bonds. The zero-order chi connectivity index (χ0) is 14.4. The maximum absolute atomic E-state index is 12.4. The minimum atomic E-state index is 0.153. The van der Waals surface area contributed by atoms with E-state index in [4.69, 9.17) is 0 Å². The van der Waals surface area contributed by atoms with E-state index in [0.29, 0.717) is 6.04 Å². The summed E-state index contributed by atoms with van der Waals surface area (Å²) in [6.45, 7) is 4.95. The molecule has 0 spiro atoms. The van der Waals surface area contributed by atoms with Crippen LogP contribution in [0.2, 0.25) is 0 Å². The van der Waals surface area contributed by atoms with E-state index in [1.165, 1.54) is 24.8 Å². The monoisotopic (exact) mass is 271 g/mol. The molecule has 2 heteroatoms. The molecule has 0 N–H and O–H groups in total. The lowest BCUT2D eigenvalue weighted by atomic mass is 9.94. The Labute approximate surface area is 122 Å². The van der Waals surface area contributed by atoms with Gasteiger partial charge in [0.25, 0.3) is 0 Å². The van der Waals surface area contributed by atoms with Crippen LogP contribution in [0.4, 0.5) is 0 Å². The zero-order valence-electron chi connectivity index (χ0n) is 12.6. The molecule has 1 fully saturated rings. The summed E-state index contributed by atoms with van der Waals surface area (Å²) < 4.78 is 0. The number of hydrogen-bond donors (Lipinski definition) is 0. The summed E-state index contributed by atoms with van der Waals surface area (Å²) >= 11 is 0. The average molecular weight is 271 g/mol. The van der Waals surface area contributed by atoms with E-state index in [2.05, 4.69) is 38.1 Å². The van der Waals surface area contributed by atoms with Crippen LogP contribution in [0, 0.1) is 6.92 Å². The minimum Gasteiger partial charge on any atom is -0.336 e. The molecule has 0 radical (unpaired) electrons. The van der Waals surface area contributed by atoms with Gasteiger partial charge in [0.1, 0.15) is 0 Å². The van der Waals surface area contributed by atoms with Crippen LogP contribution in [0.1, 0.15) is 50.2 Å². The van der Waals surface area contributed by atoms with Crippen molar-refractivity contribution in [2.24, 2.45) is 0 Å². The van der Waals surface area contributed by atoms with E-state index in [0.717, 1.165) is 24.9 Å². The molecule has 0 saturated heterocycles. The molecule has 2 rings (SSSR count). The van der Waals surface area contributed by atoms with Gasteiger partial charge >= 0.3 is 0 Å². The van der Waals surface area contributed by atoms with Crippen molar-refractivity contribution in [2.45, 2.75) is 52.0 Å². The molecular formula is C18H25NO. The maximum atomic E-state index is 12.4. The number of carbonyl (C=O) groups excluding carboxylic acids is 1. The fraction of sp³-hybridized carbons (Fsp3) is 0.500. The topological polar surface area (TPSA) is 20.3 Å². The summed E-state index contributed by atoms with van der Waals surface area (Å²) in [6, 6.07) is 8.70. The second-order valence-electron chi connectivity index (χ2n) is 5.66. The number of benzene rings is 1. The Morgan fingerprint density at radius 1 is 1.20 bits per heavy atom. The van der Waals surface area contributed by atoms with Gasteiger partial charge < -0.3 is 4.90 Å². The summed E-state index contributed by atoms with van der Waals surface area (Å²) in [4.78, 5) is 14.4. The van der Waals surface area contributed by atoms with Crippen LogP contribution in [-0.2, 0) is 4.79 Å². The number of hydrogen-bond acceptors (Lipinski definition) is 1. The van der Waals surface area contributed by atoms with Crippen LogP contribution in [0.3, 0.4) is 0 Å². The van der Waals surface area contributed by atoms with E-state index in [1.54, 1.807) is 6.08 Å². The average Bonchev–Trinajstić information content (AvgIpc) is 2.48. The first-order valence-corrected chi connectivity index (χ1v) is 7.76. The van der Waals surface area contributed by atoms with Gasteiger partial charge in [-0.2, -0.15) is 0 Å². The summed E-state index contributed by atoms with van der Waals surface area (Å²) in [5, 5.41) is 0. The second kappa shape index (κ2) is 7.28. The van der Waals surface area contributed by atoms with E-state index in [9.17, 15) is 4.79 Å². The molecule has 0 atom stereocenters. The molecule has 1 aliphatic rings. The molecule has 0 heterocycles. The Morgan fingerprint density at radius 3 is 2.45 bits per heavy atom. The van der Waals surface area contributed by atoms with Crippen molar-refractivity contribution in [3.63, 3.8) is 0 Å². The quantitative estimate of drug-likeness (QED) is 0.752. The summed E-state index contributed by atoms with van der Waals surface area (Å²) in [7, 11) is 0. The third-order valence-corrected chi connectivity index (χ3v) is 4.13. The van der Waals surface area contributed by atoms with Gasteiger partial charge in [-0.1, -0.05) is 49.1 Å². The Balaban J connectivity index is 1.99. The van der Waals surface area contributed by atoms with E-state index in [-0.39, 0.29) is 5.91 Å². The Bertz CT molecular complexity index is 455. The van der Waals surface area contributed by atoms with Crippen molar-refractivity contribution in [2.75, 3.05) is 6.54 Å². The first kappa shape index (κ1) is 14.8. The SMILES string of the molecule is CCN(C(=O)/C=C/c1ccc(C)cc1)C1CCCCC1. The molecule has 1 aromatic rings. The van der Waals surface area contributed by atoms with Gasteiger partial charge in [-0.05, 0) is 38.3 Å². The van der Waals surface area contributed by atoms with Gasteiger partial charge in [0.2, 0.25) is 5.91 Å². The highest BCUT2D eigenvalue weighted by Crippen LogP contribution is 2.22. The highest BCUT2D eigenvalue weighted by atomic mass is 16.2. The molecule has 1 saturated carbocycles. The summed E-state index contributed by atoms with van der Waals surface area (Å²) in [5.41, 5.74) is 2.33. The van der Waals surface area contributed by atoms with Crippen molar-refractivity contribution in [1.29, 1.82) is 0 Å². The lowest BCUT2D eigenvalue weighted by Gasteiger charge is -2.32. The van der Waals surface area contributed by atoms with Crippen molar-refractivity contribution >= 4 is 12.0 Å². The van der Waals surface area contributed by atoms with Gasteiger partial charge in [0.05, 0.1) is 0 Å². The molecule has 108 valence electrons. The number of rotatable bonds is 4. The van der Waals surface area contributed by atoms with Crippen LogP contribution < -0.4 is 0 Å². The van der Waals surface area contributed by atoms with Crippen LogP contribution in [-0.4, -0.2) is 23.4 Å². The standard InChI is InChI=1S/C18H25NO/c1-3-19(17-7-5-4-6-8-17)18(20)14-13-16-11-9-15(2)10-12-16/h9-14,17H,3-8H2,1-2H3/b14-13+. The molecule has 1 aliphatic carbocycles. The number of nitrogens with zero attached hydrogens (tertiary/aromatic N) is 1. The molecular weight excluding hydrogens is 246 g/mol. The molecule has 1 aromatic carbocycles. The number of amides is 1. The number of carbonyl (C=O) groups is 1. The molecule has 0 unspecified atom stereocenters. The fourth-order valence-corrected chi connectivity index (χ4v) is 2.93. The van der Waals surface area contributed by atoms with Crippen molar-refractivity contribution < 1.29 is 4.79 Å². The van der Waals surface area contributed by atoms with Gasteiger partial charge in [-0.15, -0.1) is 0 Å². The predicted octanol–water partition coefficient (Wildman–Crippen LogP) is 4.19. The fourth-order valence-electron chi connectivity index (χ4n) is 2.93. The lowest BCUT2D eigenvalue weighted by molar-refractivity contribution is -0.128. The highest BCUT2D eigenvalue weighted by molar-refractivity contribution is 5.92. The lowest BCUT2D eigenvalue weighted by Crippen LogP contribution is -2.40. The zero-order valence-corrected chi connectivity index (χ0v) is 12.6. The third kappa shape index (κ3) is 3.96. The summed E-state index contributed by atoms with van der Waals surface area (Å²) in [5.74, 6) is 0.153. The van der Waals surface area contributed by atoms with Gasteiger partial charge in [-0.3, -0.25) is 4.79 Å². The van der Waals surface area contributed by atoms with Gasteiger partial charge in [0, 0.05) is 18.7 Å².